The molecule has 430 valence electrons. The Morgan fingerprint density at radius 2 is 0.590 bits per heavy atom. The lowest BCUT2D eigenvalue weighted by atomic mass is 10.0. The highest BCUT2D eigenvalue weighted by atomic mass is 16.3. The van der Waals surface area contributed by atoms with Crippen molar-refractivity contribution >= 4 is 70.5 Å². The van der Waals surface area contributed by atoms with Gasteiger partial charge in [-0.15, -0.1) is 0 Å². The molecule has 6 N–H and O–H groups in total. The third-order valence-corrected chi connectivity index (χ3v) is 17.3. The molecule has 78 heavy (non-hydrogen) atoms. The van der Waals surface area contributed by atoms with Crippen molar-refractivity contribution in [2.75, 3.05) is 52.4 Å². The fourth-order valence-corrected chi connectivity index (χ4v) is 13.4. The second-order valence-electron chi connectivity index (χ2n) is 22.6. The van der Waals surface area contributed by atoms with Gasteiger partial charge in [0.2, 0.25) is 53.2 Å². The molecule has 0 aromatic heterocycles. The van der Waals surface area contributed by atoms with E-state index in [1.54, 1.807) is 4.90 Å². The molecule has 0 bridgehead atoms. The smallest absolute Gasteiger partial charge is 0.246 e. The normalized spacial score (nSPS) is 31.0. The van der Waals surface area contributed by atoms with Crippen molar-refractivity contribution in [3.05, 3.63) is 0 Å². The summed E-state index contributed by atoms with van der Waals surface area (Å²) in [6.07, 6.45) is -1.71. The van der Waals surface area contributed by atoms with E-state index in [-0.39, 0.29) is 129 Å². The molecule has 8 rings (SSSR count). The molecule has 0 aliphatic carbocycles. The first-order valence-corrected chi connectivity index (χ1v) is 28.2. The van der Waals surface area contributed by atoms with E-state index in [1.165, 1.54) is 34.3 Å². The van der Waals surface area contributed by atoms with Crippen LogP contribution in [0.5, 0.6) is 0 Å². The van der Waals surface area contributed by atoms with Gasteiger partial charge in [0.15, 0.2) is 17.3 Å². The number of Topliss-reactive ketones (excluding diaryl/α,β-unsaturated/α-hetero) is 3. The zero-order valence-electron chi connectivity index (χ0n) is 44.6. The molecule has 0 spiro atoms. The molecule has 9 amide bonds. The summed E-state index contributed by atoms with van der Waals surface area (Å²) in [5.74, 6) is -5.81. The molecule has 8 saturated heterocycles. The van der Waals surface area contributed by atoms with Crippen LogP contribution in [0.25, 0.3) is 0 Å². The Labute approximate surface area is 452 Å². The summed E-state index contributed by atoms with van der Waals surface area (Å²) in [5.41, 5.74) is 5.48. The van der Waals surface area contributed by atoms with Crippen molar-refractivity contribution in [3.63, 3.8) is 0 Å². The minimum Gasteiger partial charge on any atom is -0.391 e. The molecule has 0 radical (unpaired) electrons. The van der Waals surface area contributed by atoms with E-state index in [2.05, 4.69) is 0 Å². The van der Waals surface area contributed by atoms with Gasteiger partial charge in [0.25, 0.3) is 0 Å². The highest BCUT2D eigenvalue weighted by Gasteiger charge is 2.49. The molecule has 0 aromatic rings. The minimum absolute atomic E-state index is 0.00211. The maximum Gasteiger partial charge on any atom is 0.246 e. The number of nitrogens with zero attached hydrogens (tertiary/aromatic N) is 8. The van der Waals surface area contributed by atoms with Crippen LogP contribution in [0, 0.1) is 0 Å². The molecule has 12 atom stereocenters. The Morgan fingerprint density at radius 1 is 0.346 bits per heavy atom. The quantitative estimate of drug-likeness (QED) is 0.0868. The first-order chi connectivity index (χ1) is 37.2. The summed E-state index contributed by atoms with van der Waals surface area (Å²) in [6.45, 7) is 2.41. The van der Waals surface area contributed by atoms with Crippen LogP contribution in [0.15, 0.2) is 0 Å². The average Bonchev–Trinajstić information content (AvgIpc) is 4.29. The third kappa shape index (κ3) is 12.4. The van der Waals surface area contributed by atoms with E-state index in [0.717, 1.165) is 0 Å². The van der Waals surface area contributed by atoms with Gasteiger partial charge in [-0.25, -0.2) is 0 Å². The minimum atomic E-state index is -1.10. The van der Waals surface area contributed by atoms with E-state index < -0.39 is 137 Å². The maximum absolute atomic E-state index is 14.2. The fraction of sp³-hybridized carbons (Fsp3) is 0.774. The largest absolute Gasteiger partial charge is 0.391 e. The Kier molecular flexibility index (Phi) is 18.7. The van der Waals surface area contributed by atoms with Gasteiger partial charge in [0, 0.05) is 123 Å². The van der Waals surface area contributed by atoms with Crippen LogP contribution in [-0.2, 0) is 57.5 Å². The predicted molar refractivity (Wildman–Crippen MR) is 270 cm³/mol. The molecule has 8 aliphatic heterocycles. The number of aliphatic hydroxyl groups excluding tert-OH is 4. The zero-order chi connectivity index (χ0) is 56.3. The van der Waals surface area contributed by atoms with E-state index in [4.69, 9.17) is 5.73 Å². The molecule has 8 aliphatic rings. The predicted octanol–water partition coefficient (Wildman–Crippen LogP) is -2.87. The number of β-amino-alcohol motifs (C(OH)–C–C–N with tert-alkyl or cyclic N) is 4. The van der Waals surface area contributed by atoms with Gasteiger partial charge < -0.3 is 65.4 Å². The number of rotatable bonds is 19. The Morgan fingerprint density at radius 3 is 0.846 bits per heavy atom. The van der Waals surface area contributed by atoms with E-state index in [0.29, 0.717) is 57.9 Å². The van der Waals surface area contributed by atoms with E-state index >= 15 is 0 Å². The number of nitrogens with two attached hydrogens (primary N) is 1. The number of likely N-dealkylation sites (tertiary alicyclic amines) is 8. The Hall–Kier alpha value is -5.92. The molecule has 8 fully saturated rings. The summed E-state index contributed by atoms with van der Waals surface area (Å²) < 4.78 is 0. The average molecular weight is 1100 g/mol. The number of amides is 9. The van der Waals surface area contributed by atoms with Crippen molar-refractivity contribution in [3.8, 4) is 0 Å². The van der Waals surface area contributed by atoms with Crippen molar-refractivity contribution in [2.45, 2.75) is 208 Å². The molecular weight excluding hydrogens is 1020 g/mol. The standard InChI is InChI=1S/C53H77N9O16/c1-2-7-45(70)55-18-3-8-34(55)50(75)59-26-30(63)22-38(59)42(67)12-15-46(71)56-19-4-9-35(56)51(76)60-27-31(64)23-39(60)43(68)13-16-47(72)57-20-5-10-36(57)52(77)61-28-32(65)24-40(61)44(69)14-17-48(73)58-21-6-11-37(58)53(78)62-29-33(66)25-41(62)49(54)74/h30-41,63-66H,2-29H2,1H3,(H2,54,74)/t30-,31-,32-,33-,34+,35+,36+,37+,38+,39+,40+,41+/m1/s1. The molecule has 0 saturated carbocycles. The van der Waals surface area contributed by atoms with Crippen molar-refractivity contribution < 1.29 is 78.0 Å². The van der Waals surface area contributed by atoms with Crippen LogP contribution in [0.1, 0.15) is 135 Å². The number of carbonyl (C=O) groups is 12. The van der Waals surface area contributed by atoms with Gasteiger partial charge in [-0.05, 0) is 57.8 Å². The lowest BCUT2D eigenvalue weighted by molar-refractivity contribution is -0.148. The molecule has 25 heteroatoms. The molecule has 8 heterocycles. The fourth-order valence-electron chi connectivity index (χ4n) is 13.4. The Bertz CT molecular complexity index is 2390. The van der Waals surface area contributed by atoms with Gasteiger partial charge in [-0.3, -0.25) is 57.5 Å². The van der Waals surface area contributed by atoms with Gasteiger partial charge in [-0.1, -0.05) is 6.92 Å². The van der Waals surface area contributed by atoms with Gasteiger partial charge in [0.05, 0.1) is 42.5 Å². The Balaban J connectivity index is 0.814. The summed E-state index contributed by atoms with van der Waals surface area (Å²) in [5, 5.41) is 42.1. The summed E-state index contributed by atoms with van der Waals surface area (Å²) in [4.78, 5) is 173. The molecule has 0 aromatic carbocycles. The van der Waals surface area contributed by atoms with Crippen LogP contribution in [0.2, 0.25) is 0 Å². The molecule has 0 unspecified atom stereocenters. The van der Waals surface area contributed by atoms with Crippen LogP contribution in [-0.4, -0.2) is 255 Å². The monoisotopic (exact) mass is 1100 g/mol. The second kappa shape index (κ2) is 25.0. The SMILES string of the molecule is CCCC(=O)N1CCC[C@H]1C(=O)N1C[C@H](O)C[C@H]1C(=O)CCC(=O)N1CCC[C@H]1C(=O)N1C[C@H](O)C[C@H]1C(=O)CCC(=O)N1CCC[C@H]1C(=O)N1C[C@H](O)C[C@H]1C(=O)CCC(=O)N1CCC[C@H]1C(=O)N1C[C@H](O)C[C@H]1C(N)=O. The number of primary amides is 1. The number of carbonyl (C=O) groups excluding carboxylic acids is 12. The van der Waals surface area contributed by atoms with Crippen LogP contribution < -0.4 is 5.73 Å². The lowest BCUT2D eigenvalue weighted by Gasteiger charge is -2.32. The van der Waals surface area contributed by atoms with Crippen molar-refractivity contribution in [1.82, 2.24) is 39.2 Å². The number of hydrogen-bond acceptors (Lipinski definition) is 16. The highest BCUT2D eigenvalue weighted by molar-refractivity contribution is 5.99. The van der Waals surface area contributed by atoms with Gasteiger partial charge >= 0.3 is 0 Å². The summed E-state index contributed by atoms with van der Waals surface area (Å²) >= 11 is 0. The van der Waals surface area contributed by atoms with Crippen molar-refractivity contribution in [1.29, 1.82) is 0 Å². The van der Waals surface area contributed by atoms with Gasteiger partial charge in [0.1, 0.15) is 30.2 Å². The number of aliphatic hydroxyl groups is 4. The van der Waals surface area contributed by atoms with Crippen molar-refractivity contribution in [2.24, 2.45) is 5.73 Å². The zero-order valence-corrected chi connectivity index (χ0v) is 44.6. The summed E-state index contributed by atoms with van der Waals surface area (Å²) in [6, 6.07) is -7.76. The third-order valence-electron chi connectivity index (χ3n) is 17.3. The maximum atomic E-state index is 14.2. The molecular formula is C53H77N9O16. The number of ketones is 3. The highest BCUT2D eigenvalue weighted by Crippen LogP contribution is 2.32. The van der Waals surface area contributed by atoms with Gasteiger partial charge in [-0.2, -0.15) is 0 Å². The number of hydrogen-bond donors (Lipinski definition) is 5. The van der Waals surface area contributed by atoms with Crippen LogP contribution >= 0.6 is 0 Å². The first kappa shape index (κ1) is 58.2. The van der Waals surface area contributed by atoms with Crippen LogP contribution in [0.4, 0.5) is 0 Å². The second-order valence-corrected chi connectivity index (χ2v) is 22.6. The topological polar surface area (TPSA) is 338 Å². The van der Waals surface area contributed by atoms with Crippen LogP contribution in [0.3, 0.4) is 0 Å². The summed E-state index contributed by atoms with van der Waals surface area (Å²) in [7, 11) is 0. The first-order valence-electron chi connectivity index (χ1n) is 28.2. The van der Waals surface area contributed by atoms with E-state index in [9.17, 15) is 78.0 Å². The molecule has 25 nitrogen and oxygen atoms in total. The van der Waals surface area contributed by atoms with E-state index in [1.807, 2.05) is 6.92 Å². The lowest BCUT2D eigenvalue weighted by Crippen LogP contribution is -2.52.